The number of fused-ring (bicyclic) bond motifs is 6. The molecule has 0 saturated heterocycles. The average Bonchev–Trinajstić information content (AvgIpc) is 3.60. The topological polar surface area (TPSA) is 52.1 Å². The number of hydrogen-bond donors (Lipinski definition) is 0. The van der Waals surface area contributed by atoms with Crippen LogP contribution in [0.3, 0.4) is 0 Å². The Morgan fingerprint density at radius 3 is 2.16 bits per heavy atom. The minimum atomic E-state index is -1.98. The molecule has 4 heterocycles. The second kappa shape index (κ2) is 11.9. The van der Waals surface area contributed by atoms with Crippen LogP contribution in [0.5, 0.6) is 0 Å². The summed E-state index contributed by atoms with van der Waals surface area (Å²) in [7, 11) is 0. The quantitative estimate of drug-likeness (QED) is 0.132. The number of nitrogens with zero attached hydrogens (tertiary/aromatic N) is 2. The van der Waals surface area contributed by atoms with Crippen LogP contribution in [0.4, 0.5) is 0 Å². The van der Waals surface area contributed by atoms with Crippen LogP contribution in [0.2, 0.25) is 17.3 Å². The predicted octanol–water partition coefficient (Wildman–Crippen LogP) is 9.44. The first-order chi connectivity index (χ1) is 20.5. The second-order valence-electron chi connectivity index (χ2n) is 11.3. The van der Waals surface area contributed by atoms with Crippen LogP contribution < -0.4 is 4.40 Å². The molecule has 0 spiro atoms. The molecule has 0 N–H and O–H groups in total. The predicted molar refractivity (Wildman–Crippen MR) is 175 cm³/mol. The Kier molecular flexibility index (Phi) is 8.06. The molecule has 0 aliphatic rings. The molecule has 1 radical (unpaired) electrons. The van der Waals surface area contributed by atoms with Crippen molar-refractivity contribution in [3.05, 3.63) is 128 Å². The van der Waals surface area contributed by atoms with E-state index in [0.717, 1.165) is 61.0 Å². The number of rotatable bonds is 3. The number of benzene rings is 4. The number of furan rings is 2. The van der Waals surface area contributed by atoms with Crippen LogP contribution in [-0.4, -0.2) is 23.2 Å². The van der Waals surface area contributed by atoms with Crippen LogP contribution >= 0.6 is 0 Å². The van der Waals surface area contributed by atoms with Gasteiger partial charge in [0.15, 0.2) is 0 Å². The first kappa shape index (κ1) is 29.1. The smallest absolute Gasteiger partial charge is 0.120 e. The summed E-state index contributed by atoms with van der Waals surface area (Å²) < 4.78 is 13.6. The number of para-hydroxylation sites is 2. The summed E-state index contributed by atoms with van der Waals surface area (Å²) in [5.74, 6) is 7.18. The summed E-state index contributed by atoms with van der Waals surface area (Å²) in [4.78, 5) is 8.99. The summed E-state index contributed by atoms with van der Waals surface area (Å²) >= 11 is -1.98. The van der Waals surface area contributed by atoms with E-state index in [1.807, 2.05) is 85.1 Å². The molecule has 0 aliphatic heterocycles. The molecule has 8 rings (SSSR count). The largest absolute Gasteiger partial charge is 0.501 e. The van der Waals surface area contributed by atoms with Gasteiger partial charge in [0.05, 0.1) is 5.58 Å². The van der Waals surface area contributed by atoms with Gasteiger partial charge in [0.25, 0.3) is 0 Å². The van der Waals surface area contributed by atoms with Gasteiger partial charge in [-0.25, -0.2) is 0 Å². The molecule has 213 valence electrons. The monoisotopic (exact) mass is 799 g/mol. The summed E-state index contributed by atoms with van der Waals surface area (Å²) in [6.07, 6.45) is 3.71. The Labute approximate surface area is 266 Å². The Bertz CT molecular complexity index is 2180. The molecule has 0 fully saturated rings. The van der Waals surface area contributed by atoms with Crippen molar-refractivity contribution in [3.63, 3.8) is 0 Å². The molecule has 0 atom stereocenters. The summed E-state index contributed by atoms with van der Waals surface area (Å²) in [6.45, 7) is 0. The van der Waals surface area contributed by atoms with Crippen LogP contribution in [0, 0.1) is 12.1 Å². The number of aromatic nitrogens is 2. The zero-order valence-corrected chi connectivity index (χ0v) is 28.5. The van der Waals surface area contributed by atoms with Crippen molar-refractivity contribution in [1.29, 1.82) is 0 Å². The Balaban J connectivity index is 0.000000152. The Morgan fingerprint density at radius 1 is 0.605 bits per heavy atom. The first-order valence-corrected chi connectivity index (χ1v) is 21.3. The van der Waals surface area contributed by atoms with E-state index in [0.29, 0.717) is 0 Å². The van der Waals surface area contributed by atoms with Gasteiger partial charge in [-0.05, 0) is 17.8 Å². The van der Waals surface area contributed by atoms with E-state index in [2.05, 4.69) is 63.6 Å². The van der Waals surface area contributed by atoms with Gasteiger partial charge in [0.1, 0.15) is 5.58 Å². The van der Waals surface area contributed by atoms with Gasteiger partial charge < -0.3 is 9.40 Å². The standard InChI is InChI=1S/C20H18GeNO.C17H10NO.Ir/c1-21(2,3)17-11-7-10-15-16-13-22-18(12-19(16)23-20(15)17)14-8-5-4-6-9-14;1-2-10-16-12(6-1)13-7-5-8-14(17(13)19-16)15-9-3-4-11-18-15;/h4-8,10-13H,1-3H3;1-7,9-11H;/q2*-1;. The molecule has 4 nitrogen and oxygen atoms in total. The van der Waals surface area contributed by atoms with Crippen molar-refractivity contribution in [1.82, 2.24) is 9.97 Å². The third-order valence-corrected chi connectivity index (χ3v) is 11.7. The van der Waals surface area contributed by atoms with E-state index in [9.17, 15) is 0 Å². The van der Waals surface area contributed by atoms with Gasteiger partial charge in [0.2, 0.25) is 0 Å². The van der Waals surface area contributed by atoms with Gasteiger partial charge in [-0.2, -0.15) is 0 Å². The summed E-state index contributed by atoms with van der Waals surface area (Å²) in [5, 5.41) is 4.50. The van der Waals surface area contributed by atoms with E-state index in [-0.39, 0.29) is 20.1 Å². The molecule has 0 bridgehead atoms. The fraction of sp³-hybridized carbons (Fsp3) is 0.0811. The van der Waals surface area contributed by atoms with Crippen molar-refractivity contribution in [2.45, 2.75) is 17.3 Å². The molecule has 43 heavy (non-hydrogen) atoms. The van der Waals surface area contributed by atoms with Crippen molar-refractivity contribution in [2.75, 3.05) is 0 Å². The molecular weight excluding hydrogens is 769 g/mol. The molecule has 0 saturated carbocycles. The van der Waals surface area contributed by atoms with E-state index >= 15 is 0 Å². The fourth-order valence-corrected chi connectivity index (χ4v) is 8.44. The van der Waals surface area contributed by atoms with E-state index < -0.39 is 13.3 Å². The molecule has 8 aromatic rings. The molecule has 4 aromatic carbocycles. The van der Waals surface area contributed by atoms with Gasteiger partial charge in [-0.3, -0.25) is 0 Å². The molecule has 4 aromatic heterocycles. The normalized spacial score (nSPS) is 11.4. The zero-order chi connectivity index (χ0) is 28.7. The van der Waals surface area contributed by atoms with Crippen molar-refractivity contribution < 1.29 is 28.9 Å². The van der Waals surface area contributed by atoms with Crippen molar-refractivity contribution in [2.24, 2.45) is 0 Å². The molecular formula is C37H28GeIrN2O2-2. The van der Waals surface area contributed by atoms with Crippen molar-refractivity contribution >= 4 is 61.5 Å². The molecule has 0 aliphatic carbocycles. The fourth-order valence-electron chi connectivity index (χ4n) is 5.37. The van der Waals surface area contributed by atoms with Crippen LogP contribution in [-0.2, 0) is 20.1 Å². The minimum absolute atomic E-state index is 0. The molecule has 6 heteroatoms. The third-order valence-electron chi connectivity index (χ3n) is 7.44. The van der Waals surface area contributed by atoms with E-state index in [4.69, 9.17) is 8.83 Å². The van der Waals surface area contributed by atoms with Crippen molar-refractivity contribution in [3.8, 4) is 22.5 Å². The van der Waals surface area contributed by atoms with Gasteiger partial charge in [-0.1, -0.05) is 41.3 Å². The maximum absolute atomic E-state index is 6.27. The maximum Gasteiger partial charge on any atom is 0.120 e. The van der Waals surface area contributed by atoms with E-state index in [1.165, 1.54) is 9.78 Å². The summed E-state index contributed by atoms with van der Waals surface area (Å²) in [6, 6.07) is 40.7. The number of pyridine rings is 2. The second-order valence-corrected chi connectivity index (χ2v) is 21.9. The Morgan fingerprint density at radius 2 is 1.37 bits per heavy atom. The van der Waals surface area contributed by atoms with Crippen LogP contribution in [0.25, 0.3) is 66.4 Å². The number of hydrogen-bond acceptors (Lipinski definition) is 4. The van der Waals surface area contributed by atoms with Crippen LogP contribution in [0.15, 0.2) is 124 Å². The SMILES string of the molecule is [CH3][Ge]([CH3])([CH3])[c]1cccc2c1oc1cc(-c3[c-]cccc3)ncc12.[Ir].[c-]1ccc2c(oc3ccccc32)c1-c1ccccn1. The van der Waals surface area contributed by atoms with Gasteiger partial charge in [-0.15, -0.1) is 18.2 Å². The average molecular weight is 797 g/mol. The minimum Gasteiger partial charge on any atom is -0.501 e. The van der Waals surface area contributed by atoms with E-state index in [1.54, 1.807) is 6.20 Å². The van der Waals surface area contributed by atoms with Gasteiger partial charge >= 0.3 is 138 Å². The maximum atomic E-state index is 6.27. The Hall–Kier alpha value is -4.03. The van der Waals surface area contributed by atoms with Crippen LogP contribution in [0.1, 0.15) is 0 Å². The summed E-state index contributed by atoms with van der Waals surface area (Å²) in [5.41, 5.74) is 7.38. The molecule has 0 unspecified atom stereocenters. The third kappa shape index (κ3) is 5.56. The van der Waals surface area contributed by atoms with Gasteiger partial charge in [0, 0.05) is 31.7 Å². The zero-order valence-electron chi connectivity index (χ0n) is 24.0. The first-order valence-electron chi connectivity index (χ1n) is 14.0. The molecule has 0 amide bonds.